The second-order valence-corrected chi connectivity index (χ2v) is 9.73. The minimum Gasteiger partial charge on any atom is -0.497 e. The number of sulfonamides is 1. The van der Waals surface area contributed by atoms with E-state index in [2.05, 4.69) is 4.72 Å². The minimum absolute atomic E-state index is 0.102. The molecular formula is C24H29FN2O6S. The fraction of sp³-hybridized carbons (Fsp3) is 0.417. The minimum atomic E-state index is -4.02. The number of hydrogen-bond donors (Lipinski definition) is 1. The molecule has 1 aliphatic rings. The van der Waals surface area contributed by atoms with Crippen LogP contribution < -0.4 is 9.46 Å². The number of hydrogen-bond acceptors (Lipinski definition) is 6. The average molecular weight is 493 g/mol. The number of ether oxygens (including phenoxy) is 2. The van der Waals surface area contributed by atoms with E-state index in [4.69, 9.17) is 9.47 Å². The highest BCUT2D eigenvalue weighted by Gasteiger charge is 2.31. The van der Waals surface area contributed by atoms with Crippen molar-refractivity contribution >= 4 is 21.9 Å². The van der Waals surface area contributed by atoms with Crippen LogP contribution in [0.1, 0.15) is 37.8 Å². The van der Waals surface area contributed by atoms with E-state index in [1.165, 1.54) is 19.2 Å². The first-order valence-electron chi connectivity index (χ1n) is 11.1. The summed E-state index contributed by atoms with van der Waals surface area (Å²) in [5.41, 5.74) is 0.584. The largest absolute Gasteiger partial charge is 0.497 e. The third-order valence-electron chi connectivity index (χ3n) is 5.79. The molecule has 3 rings (SSSR count). The van der Waals surface area contributed by atoms with E-state index in [0.29, 0.717) is 43.9 Å². The number of likely N-dealkylation sites (tertiary alicyclic amines) is 1. The molecule has 0 spiro atoms. The van der Waals surface area contributed by atoms with Gasteiger partial charge in [0.15, 0.2) is 0 Å². The van der Waals surface area contributed by atoms with Crippen molar-refractivity contribution in [2.45, 2.75) is 37.1 Å². The third-order valence-corrected chi connectivity index (χ3v) is 7.27. The standard InChI is InChI=1S/C24H29FN2O6S/c1-3-33-24(29)18-12-14-27(15-13-18)23(28)16-22(17-4-8-20(32-2)9-5-17)26-34(30,31)21-10-6-19(25)7-11-21/h4-11,18,22,26H,3,12-16H2,1-2H3/t22-/m1/s1. The second-order valence-electron chi connectivity index (χ2n) is 8.01. The SMILES string of the molecule is CCOC(=O)C1CCN(C(=O)C[C@@H](NS(=O)(=O)c2ccc(F)cc2)c2ccc(OC)cc2)CC1. The molecule has 8 nitrogen and oxygen atoms in total. The van der Waals surface area contributed by atoms with Gasteiger partial charge in [-0.05, 0) is 61.7 Å². The lowest BCUT2D eigenvalue weighted by Crippen LogP contribution is -2.42. The molecule has 0 saturated carbocycles. The number of carbonyl (C=O) groups is 2. The van der Waals surface area contributed by atoms with Crippen LogP contribution in [0.5, 0.6) is 5.75 Å². The number of carbonyl (C=O) groups excluding carboxylic acids is 2. The number of amides is 1. The lowest BCUT2D eigenvalue weighted by atomic mass is 9.96. The summed E-state index contributed by atoms with van der Waals surface area (Å²) in [6.45, 7) is 2.85. The van der Waals surface area contributed by atoms with Crippen LogP contribution in [0, 0.1) is 11.7 Å². The van der Waals surface area contributed by atoms with Crippen molar-refractivity contribution in [3.05, 3.63) is 59.9 Å². The molecule has 0 radical (unpaired) electrons. The number of methoxy groups -OCH3 is 1. The highest BCUT2D eigenvalue weighted by molar-refractivity contribution is 7.89. The highest BCUT2D eigenvalue weighted by Crippen LogP contribution is 2.26. The molecule has 34 heavy (non-hydrogen) atoms. The van der Waals surface area contributed by atoms with Gasteiger partial charge in [-0.25, -0.2) is 17.5 Å². The third kappa shape index (κ3) is 6.54. The lowest BCUT2D eigenvalue weighted by molar-refractivity contribution is -0.151. The van der Waals surface area contributed by atoms with Gasteiger partial charge in [0.1, 0.15) is 11.6 Å². The van der Waals surface area contributed by atoms with Crippen molar-refractivity contribution in [1.29, 1.82) is 0 Å². The molecule has 1 saturated heterocycles. The van der Waals surface area contributed by atoms with Crippen LogP contribution in [0.4, 0.5) is 4.39 Å². The first-order chi connectivity index (χ1) is 16.2. The summed E-state index contributed by atoms with van der Waals surface area (Å²) in [7, 11) is -2.50. The Bertz CT molecular complexity index is 1080. The summed E-state index contributed by atoms with van der Waals surface area (Å²) in [6, 6.07) is 10.4. The van der Waals surface area contributed by atoms with Crippen LogP contribution in [-0.2, 0) is 24.3 Å². The summed E-state index contributed by atoms with van der Waals surface area (Å²) in [4.78, 5) is 26.6. The molecule has 10 heteroatoms. The normalized spacial score (nSPS) is 15.6. The molecule has 1 amide bonds. The zero-order chi connectivity index (χ0) is 24.7. The molecule has 0 aromatic heterocycles. The van der Waals surface area contributed by atoms with Crippen LogP contribution in [0.25, 0.3) is 0 Å². The molecule has 1 atom stereocenters. The molecule has 1 heterocycles. The van der Waals surface area contributed by atoms with Crippen LogP contribution in [0.2, 0.25) is 0 Å². The second kappa shape index (κ2) is 11.4. The first-order valence-corrected chi connectivity index (χ1v) is 12.6. The quantitative estimate of drug-likeness (QED) is 0.540. The Balaban J connectivity index is 1.75. The summed E-state index contributed by atoms with van der Waals surface area (Å²) in [6.07, 6.45) is 0.884. The topological polar surface area (TPSA) is 102 Å². The van der Waals surface area contributed by atoms with Crippen LogP contribution >= 0.6 is 0 Å². The van der Waals surface area contributed by atoms with Gasteiger partial charge in [-0.15, -0.1) is 0 Å². The summed E-state index contributed by atoms with van der Waals surface area (Å²) in [5, 5.41) is 0. The van der Waals surface area contributed by atoms with Gasteiger partial charge in [-0.1, -0.05) is 12.1 Å². The summed E-state index contributed by atoms with van der Waals surface area (Å²) < 4.78 is 52.0. The fourth-order valence-corrected chi connectivity index (χ4v) is 5.09. The first kappa shape index (κ1) is 25.6. The monoisotopic (exact) mass is 492 g/mol. The maximum atomic E-state index is 13.3. The van der Waals surface area contributed by atoms with E-state index in [1.54, 1.807) is 36.1 Å². The number of nitrogens with one attached hydrogen (secondary N) is 1. The Kier molecular flexibility index (Phi) is 8.62. The van der Waals surface area contributed by atoms with E-state index in [-0.39, 0.29) is 29.1 Å². The van der Waals surface area contributed by atoms with E-state index >= 15 is 0 Å². The molecule has 0 aliphatic carbocycles. The maximum absolute atomic E-state index is 13.3. The zero-order valence-electron chi connectivity index (χ0n) is 19.2. The van der Waals surface area contributed by atoms with Crippen molar-refractivity contribution < 1.29 is 31.9 Å². The Morgan fingerprint density at radius 3 is 2.26 bits per heavy atom. The van der Waals surface area contributed by atoms with Gasteiger partial charge in [0.2, 0.25) is 15.9 Å². The maximum Gasteiger partial charge on any atom is 0.309 e. The van der Waals surface area contributed by atoms with Gasteiger partial charge in [-0.2, -0.15) is 0 Å². The van der Waals surface area contributed by atoms with Gasteiger partial charge in [0.05, 0.1) is 30.6 Å². The molecular weight excluding hydrogens is 463 g/mol. The number of rotatable bonds is 9. The summed E-state index contributed by atoms with van der Waals surface area (Å²) >= 11 is 0. The Morgan fingerprint density at radius 1 is 1.09 bits per heavy atom. The van der Waals surface area contributed by atoms with Crippen LogP contribution in [0.15, 0.2) is 53.4 Å². The fourth-order valence-electron chi connectivity index (χ4n) is 3.86. The molecule has 0 unspecified atom stereocenters. The van der Waals surface area contributed by atoms with E-state index in [9.17, 15) is 22.4 Å². The Hall–Kier alpha value is -2.98. The van der Waals surface area contributed by atoms with Gasteiger partial charge >= 0.3 is 5.97 Å². The van der Waals surface area contributed by atoms with Gasteiger partial charge < -0.3 is 14.4 Å². The molecule has 2 aromatic carbocycles. The molecule has 2 aromatic rings. The van der Waals surface area contributed by atoms with E-state index < -0.39 is 21.9 Å². The smallest absolute Gasteiger partial charge is 0.309 e. The molecule has 1 N–H and O–H groups in total. The van der Waals surface area contributed by atoms with Crippen molar-refractivity contribution in [3.8, 4) is 5.75 Å². The van der Waals surface area contributed by atoms with E-state index in [1.807, 2.05) is 0 Å². The van der Waals surface area contributed by atoms with E-state index in [0.717, 1.165) is 12.1 Å². The van der Waals surface area contributed by atoms with Crippen molar-refractivity contribution in [3.63, 3.8) is 0 Å². The van der Waals surface area contributed by atoms with Gasteiger partial charge in [0, 0.05) is 19.5 Å². The van der Waals surface area contributed by atoms with Gasteiger partial charge in [-0.3, -0.25) is 9.59 Å². The zero-order valence-corrected chi connectivity index (χ0v) is 20.0. The van der Waals surface area contributed by atoms with Gasteiger partial charge in [0.25, 0.3) is 0 Å². The number of esters is 1. The summed E-state index contributed by atoms with van der Waals surface area (Å²) in [5.74, 6) is -0.677. The molecule has 1 fully saturated rings. The van der Waals surface area contributed by atoms with Crippen LogP contribution in [-0.4, -0.2) is 52.0 Å². The number of benzene rings is 2. The highest BCUT2D eigenvalue weighted by atomic mass is 32.2. The number of piperidine rings is 1. The van der Waals surface area contributed by atoms with Crippen LogP contribution in [0.3, 0.4) is 0 Å². The number of nitrogens with zero attached hydrogens (tertiary/aromatic N) is 1. The molecule has 1 aliphatic heterocycles. The predicted octanol–water partition coefficient (Wildman–Crippen LogP) is 3.05. The number of halogens is 1. The van der Waals surface area contributed by atoms with Crippen molar-refractivity contribution in [1.82, 2.24) is 9.62 Å². The van der Waals surface area contributed by atoms with Crippen molar-refractivity contribution in [2.75, 3.05) is 26.8 Å². The van der Waals surface area contributed by atoms with Crippen molar-refractivity contribution in [2.24, 2.45) is 5.92 Å². The molecule has 184 valence electrons. The predicted molar refractivity (Wildman–Crippen MR) is 123 cm³/mol. The average Bonchev–Trinajstić information content (AvgIpc) is 2.84. The Morgan fingerprint density at radius 2 is 1.71 bits per heavy atom. The molecule has 0 bridgehead atoms. The Labute approximate surface area is 199 Å². The lowest BCUT2D eigenvalue weighted by Gasteiger charge is -2.32.